The van der Waals surface area contributed by atoms with Crippen molar-refractivity contribution in [1.29, 1.82) is 0 Å². The molecule has 262 valence electrons. The van der Waals surface area contributed by atoms with E-state index in [4.69, 9.17) is 14.9 Å². The number of aromatic nitrogens is 2. The summed E-state index contributed by atoms with van der Waals surface area (Å²) in [6, 6.07) is -1.04. The standard InChI is InChI=1S/C17H17N7O6S2.C11H15NO5/c1-23-3-2-6(13(23)26)4-7-5-31-15-9(14(27)24(15)10(7)16(28)29)19-12(25)8(21-30)11-20-17(18)32-22-11;1-7-3-4-12(5-7)10(13)15-6-9-8(2)16-11(14)17-9/h4,9,15,30H,2-3,5H2,1H3,(H,19,25)(H,28,29)(H2,18,20,22);7H,3-6H2,1-2H3/b6-4+,21-8-;/t9-,15-;7-/m11/s1. The Kier molecular flexibility index (Phi) is 10.4. The number of thioether (sulfide) groups is 1. The number of carbonyl (C=O) groups excluding carboxylic acids is 4. The molecule has 0 saturated carbocycles. The molecule has 19 nitrogen and oxygen atoms in total. The molecular weight excluding hydrogens is 688 g/mol. The monoisotopic (exact) mass is 720 g/mol. The molecule has 4 aliphatic heterocycles. The molecule has 2 aromatic rings. The smallest absolute Gasteiger partial charge is 0.477 e. The topological polar surface area (TPSA) is 264 Å². The van der Waals surface area contributed by atoms with Crippen LogP contribution in [0.15, 0.2) is 41.7 Å². The van der Waals surface area contributed by atoms with Gasteiger partial charge in [0.1, 0.15) is 17.1 Å². The van der Waals surface area contributed by atoms with Crippen LogP contribution in [0.25, 0.3) is 0 Å². The molecule has 6 rings (SSSR count). The van der Waals surface area contributed by atoms with Crippen LogP contribution >= 0.6 is 23.3 Å². The van der Waals surface area contributed by atoms with Crippen LogP contribution in [0.4, 0.5) is 9.93 Å². The van der Waals surface area contributed by atoms with Gasteiger partial charge in [-0.2, -0.15) is 9.36 Å². The number of carboxylic acid groups (broad SMARTS) is 1. The lowest BCUT2D eigenvalue weighted by Gasteiger charge is -2.49. The van der Waals surface area contributed by atoms with Gasteiger partial charge in [-0.25, -0.2) is 14.4 Å². The summed E-state index contributed by atoms with van der Waals surface area (Å²) < 4.78 is 18.2. The van der Waals surface area contributed by atoms with Gasteiger partial charge in [0.05, 0.1) is 0 Å². The Morgan fingerprint density at radius 1 is 1.22 bits per heavy atom. The van der Waals surface area contributed by atoms with Crippen LogP contribution in [-0.4, -0.2) is 114 Å². The number of likely N-dealkylation sites (tertiary alicyclic amines) is 2. The number of β-lactam (4-membered cyclic amide) rings is 1. The van der Waals surface area contributed by atoms with Crippen LogP contribution in [0.2, 0.25) is 0 Å². The SMILES string of the molecule is CN1CC/C(=C\C2=C(C(=O)O)N3C(=O)[C@@H](NC(=O)/C(=N\O)c4nsc(N)n4)[C@H]3SC2)C1=O.Cc1oc(=O)oc1COC(=O)N1CC[C@@H](C)C1. The molecule has 6 heterocycles. The largest absolute Gasteiger partial charge is 0.519 e. The number of hydrogen-bond donors (Lipinski definition) is 4. The predicted octanol–water partition coefficient (Wildman–Crippen LogP) is 0.345. The maximum Gasteiger partial charge on any atom is 0.519 e. The lowest BCUT2D eigenvalue weighted by atomic mass is 10.0. The number of oxime groups is 1. The van der Waals surface area contributed by atoms with Crippen LogP contribution in [-0.2, 0) is 30.5 Å². The fraction of sp³-hybridized carbons (Fsp3) is 0.464. The molecule has 49 heavy (non-hydrogen) atoms. The van der Waals surface area contributed by atoms with E-state index in [1.54, 1.807) is 18.9 Å². The summed E-state index contributed by atoms with van der Waals surface area (Å²) in [6.45, 7) is 5.59. The van der Waals surface area contributed by atoms with Crippen molar-refractivity contribution in [3.63, 3.8) is 0 Å². The van der Waals surface area contributed by atoms with Gasteiger partial charge in [-0.15, -0.1) is 11.8 Å². The minimum Gasteiger partial charge on any atom is -0.477 e. The van der Waals surface area contributed by atoms with Crippen LogP contribution in [0.5, 0.6) is 0 Å². The van der Waals surface area contributed by atoms with E-state index in [-0.39, 0.29) is 46.8 Å². The number of likely N-dealkylation sites (N-methyl/N-ethyl adjacent to an activating group) is 1. The minimum absolute atomic E-state index is 0.0625. The first-order valence-corrected chi connectivity index (χ1v) is 16.6. The Labute approximate surface area is 285 Å². The number of anilines is 1. The molecule has 5 N–H and O–H groups in total. The summed E-state index contributed by atoms with van der Waals surface area (Å²) in [5.41, 5.74) is 5.58. The number of aryl methyl sites for hydroxylation is 1. The second kappa shape index (κ2) is 14.5. The van der Waals surface area contributed by atoms with Crippen molar-refractivity contribution >= 4 is 63.9 Å². The zero-order chi connectivity index (χ0) is 35.6. The first-order valence-electron chi connectivity index (χ1n) is 14.8. The highest BCUT2D eigenvalue weighted by molar-refractivity contribution is 8.00. The normalized spacial score (nSPS) is 22.9. The zero-order valence-corrected chi connectivity index (χ0v) is 28.0. The number of carboxylic acids is 1. The summed E-state index contributed by atoms with van der Waals surface area (Å²) in [7, 11) is 1.66. The van der Waals surface area contributed by atoms with Gasteiger partial charge in [0.15, 0.2) is 23.3 Å². The van der Waals surface area contributed by atoms with Crippen molar-refractivity contribution in [2.24, 2.45) is 11.1 Å². The number of carbonyl (C=O) groups is 5. The first-order chi connectivity index (χ1) is 23.3. The van der Waals surface area contributed by atoms with Gasteiger partial charge in [-0.05, 0) is 37.3 Å². The van der Waals surface area contributed by atoms with Gasteiger partial charge >= 0.3 is 17.9 Å². The van der Waals surface area contributed by atoms with E-state index in [0.717, 1.165) is 22.9 Å². The number of fused-ring (bicyclic) bond motifs is 1. The number of ether oxygens (including phenoxy) is 1. The molecule has 3 saturated heterocycles. The minimum atomic E-state index is -1.31. The summed E-state index contributed by atoms with van der Waals surface area (Å²) in [5, 5.41) is 23.6. The van der Waals surface area contributed by atoms with Crippen LogP contribution in [0, 0.1) is 12.8 Å². The second-order valence-electron chi connectivity index (χ2n) is 11.4. The molecular formula is C28H32N8O11S2. The quantitative estimate of drug-likeness (QED) is 0.0988. The van der Waals surface area contributed by atoms with Gasteiger partial charge in [0.25, 0.3) is 11.8 Å². The fourth-order valence-electron chi connectivity index (χ4n) is 5.40. The molecule has 21 heteroatoms. The average Bonchev–Trinajstić information content (AvgIpc) is 3.84. The maximum atomic E-state index is 12.8. The summed E-state index contributed by atoms with van der Waals surface area (Å²) in [6.07, 6.45) is 2.64. The highest BCUT2D eigenvalue weighted by Gasteiger charge is 2.54. The number of nitrogens with one attached hydrogen (secondary N) is 1. The van der Waals surface area contributed by atoms with Crippen molar-refractivity contribution in [2.75, 3.05) is 38.2 Å². The third-order valence-electron chi connectivity index (χ3n) is 7.99. The Balaban J connectivity index is 0.000000232. The number of rotatable bonds is 7. The number of nitrogens with zero attached hydrogens (tertiary/aromatic N) is 6. The van der Waals surface area contributed by atoms with Crippen molar-refractivity contribution in [1.82, 2.24) is 29.4 Å². The van der Waals surface area contributed by atoms with Gasteiger partial charge in [-0.1, -0.05) is 12.1 Å². The molecule has 4 amide bonds. The number of nitrogen functional groups attached to an aromatic ring is 1. The van der Waals surface area contributed by atoms with Crippen LogP contribution in [0.3, 0.4) is 0 Å². The number of allylic oxidation sites excluding steroid dienone is 1. The highest BCUT2D eigenvalue weighted by Crippen LogP contribution is 2.41. The number of nitrogens with two attached hydrogens (primary N) is 1. The molecule has 0 radical (unpaired) electrons. The second-order valence-corrected chi connectivity index (χ2v) is 13.3. The molecule has 4 aliphatic rings. The van der Waals surface area contributed by atoms with E-state index in [9.17, 15) is 39.1 Å². The average molecular weight is 721 g/mol. The van der Waals surface area contributed by atoms with Crippen LogP contribution in [0.1, 0.15) is 37.1 Å². The lowest BCUT2D eigenvalue weighted by Crippen LogP contribution is -2.71. The lowest BCUT2D eigenvalue weighted by molar-refractivity contribution is -0.150. The Morgan fingerprint density at radius 2 is 1.98 bits per heavy atom. The van der Waals surface area contributed by atoms with Gasteiger partial charge in [0.2, 0.25) is 17.4 Å². The van der Waals surface area contributed by atoms with E-state index in [1.165, 1.54) is 22.7 Å². The van der Waals surface area contributed by atoms with Gasteiger partial charge < -0.3 is 44.7 Å². The van der Waals surface area contributed by atoms with Crippen molar-refractivity contribution < 1.29 is 47.9 Å². The molecule has 0 unspecified atom stereocenters. The van der Waals surface area contributed by atoms with E-state index in [0.29, 0.717) is 48.9 Å². The van der Waals surface area contributed by atoms with E-state index in [1.807, 2.05) is 0 Å². The zero-order valence-electron chi connectivity index (χ0n) is 26.4. The van der Waals surface area contributed by atoms with Crippen molar-refractivity contribution in [3.05, 3.63) is 50.9 Å². The molecule has 0 bridgehead atoms. The summed E-state index contributed by atoms with van der Waals surface area (Å²) in [5.74, 6) is -2.65. The molecule has 0 aromatic carbocycles. The highest BCUT2D eigenvalue weighted by atomic mass is 32.2. The molecule has 2 aromatic heterocycles. The molecule has 3 atom stereocenters. The van der Waals surface area contributed by atoms with Gasteiger partial charge in [-0.3, -0.25) is 19.3 Å². The van der Waals surface area contributed by atoms with E-state index in [2.05, 4.69) is 31.2 Å². The van der Waals surface area contributed by atoms with Crippen LogP contribution < -0.4 is 16.9 Å². The summed E-state index contributed by atoms with van der Waals surface area (Å²) in [4.78, 5) is 79.8. The third kappa shape index (κ3) is 7.46. The van der Waals surface area contributed by atoms with E-state index < -0.39 is 40.7 Å². The number of hydrogen-bond acceptors (Lipinski definition) is 16. The molecule has 0 spiro atoms. The van der Waals surface area contributed by atoms with Crippen molar-refractivity contribution in [2.45, 2.75) is 44.7 Å². The first kappa shape index (κ1) is 35.1. The Bertz CT molecular complexity index is 1830. The Morgan fingerprint density at radius 3 is 2.53 bits per heavy atom. The number of amides is 4. The maximum absolute atomic E-state index is 12.8. The van der Waals surface area contributed by atoms with Gasteiger partial charge in [0, 0.05) is 49.5 Å². The van der Waals surface area contributed by atoms with E-state index >= 15 is 0 Å². The van der Waals surface area contributed by atoms with Crippen molar-refractivity contribution in [3.8, 4) is 0 Å². The molecule has 3 fully saturated rings. The summed E-state index contributed by atoms with van der Waals surface area (Å²) >= 11 is 2.05. The number of aliphatic carboxylic acids is 1. The molecule has 0 aliphatic carbocycles. The Hall–Kier alpha value is -5.18. The third-order valence-corrected chi connectivity index (χ3v) is 9.83. The predicted molar refractivity (Wildman–Crippen MR) is 170 cm³/mol. The fourth-order valence-corrected chi connectivity index (χ4v) is 7.14.